The Morgan fingerprint density at radius 1 is 0.885 bits per heavy atom. The van der Waals surface area contributed by atoms with E-state index in [0.717, 1.165) is 0 Å². The van der Waals surface area contributed by atoms with E-state index in [1.165, 1.54) is 52.0 Å². The van der Waals surface area contributed by atoms with Gasteiger partial charge in [-0.15, -0.1) is 0 Å². The summed E-state index contributed by atoms with van der Waals surface area (Å²) in [7, 11) is 0. The minimum atomic E-state index is -1.30. The Morgan fingerprint density at radius 2 is 1.38 bits per heavy atom. The molecule has 2 heterocycles. The highest BCUT2D eigenvalue weighted by Crippen LogP contribution is 2.26. The monoisotopic (exact) mass is 364 g/mol. The van der Waals surface area contributed by atoms with Gasteiger partial charge in [0, 0.05) is 27.7 Å². The zero-order valence-corrected chi connectivity index (χ0v) is 15.1. The topological polar surface area (TPSA) is 108 Å². The van der Waals surface area contributed by atoms with Crippen LogP contribution in [0, 0.1) is 0 Å². The summed E-state index contributed by atoms with van der Waals surface area (Å²) in [6.07, 6.45) is 5.50. The molecule has 0 aromatic rings. The van der Waals surface area contributed by atoms with Crippen LogP contribution in [0.4, 0.5) is 0 Å². The zero-order valence-electron chi connectivity index (χ0n) is 15.1. The average molecular weight is 364 g/mol. The Balaban J connectivity index is 2.16. The molecule has 0 bridgehead atoms. The van der Waals surface area contributed by atoms with Crippen molar-refractivity contribution in [2.45, 2.75) is 46.2 Å². The van der Waals surface area contributed by atoms with Gasteiger partial charge in [0.15, 0.2) is 0 Å². The highest BCUT2D eigenvalue weighted by atomic mass is 16.8. The van der Waals surface area contributed by atoms with Gasteiger partial charge in [-0.05, 0) is 19.1 Å². The third-order valence-corrected chi connectivity index (χ3v) is 3.27. The van der Waals surface area contributed by atoms with E-state index >= 15 is 0 Å². The molecule has 8 nitrogen and oxygen atoms in total. The van der Waals surface area contributed by atoms with Crippen molar-refractivity contribution in [3.05, 3.63) is 47.0 Å². The second-order valence-electron chi connectivity index (χ2n) is 6.61. The second kappa shape index (κ2) is 6.70. The van der Waals surface area contributed by atoms with Crippen LogP contribution in [0.5, 0.6) is 0 Å². The van der Waals surface area contributed by atoms with Gasteiger partial charge >= 0.3 is 17.9 Å². The predicted octanol–water partition coefficient (Wildman–Crippen LogP) is 2.33. The number of carbonyl (C=O) groups excluding carboxylic acids is 3. The summed E-state index contributed by atoms with van der Waals surface area (Å²) < 4.78 is 20.0. The number of rotatable bonds is 3. The van der Waals surface area contributed by atoms with Crippen LogP contribution < -0.4 is 0 Å². The highest BCUT2D eigenvalue weighted by molar-refractivity contribution is 6.15. The molecule has 0 atom stereocenters. The van der Waals surface area contributed by atoms with Crippen molar-refractivity contribution in [3.63, 3.8) is 0 Å². The molecule has 8 heteroatoms. The summed E-state index contributed by atoms with van der Waals surface area (Å²) >= 11 is 0. The van der Waals surface area contributed by atoms with E-state index < -0.39 is 35.4 Å². The Hall–Kier alpha value is -3.03. The van der Waals surface area contributed by atoms with E-state index in [2.05, 4.69) is 0 Å². The molecule has 0 unspecified atom stereocenters. The zero-order chi connectivity index (χ0) is 19.7. The van der Waals surface area contributed by atoms with Crippen LogP contribution in [0.3, 0.4) is 0 Å². The number of aliphatic hydroxyl groups excluding tert-OH is 1. The number of carbonyl (C=O) groups is 3. The first-order valence-corrected chi connectivity index (χ1v) is 7.79. The van der Waals surface area contributed by atoms with Crippen molar-refractivity contribution >= 4 is 17.9 Å². The first kappa shape index (κ1) is 19.3. The molecule has 0 spiro atoms. The molecule has 0 saturated carbocycles. The number of ether oxygens (including phenoxy) is 4. The van der Waals surface area contributed by atoms with Gasteiger partial charge < -0.3 is 24.1 Å². The van der Waals surface area contributed by atoms with Crippen LogP contribution in [-0.4, -0.2) is 34.6 Å². The molecule has 1 N–H and O–H groups in total. The minimum absolute atomic E-state index is 0.150. The molecule has 1 fully saturated rings. The standard InChI is InChI=1S/C18H20O8/c1-10(6-8-11-13(19)23-17(2,3)24-14(11)20)7-9-12-15(21)25-18(4,5)26-16(12)22/h6-9,19H,1-5H3/b8-6+,10-7+. The molecule has 0 aromatic heterocycles. The van der Waals surface area contributed by atoms with E-state index in [4.69, 9.17) is 18.9 Å². The van der Waals surface area contributed by atoms with Gasteiger partial charge in [-0.1, -0.05) is 17.7 Å². The summed E-state index contributed by atoms with van der Waals surface area (Å²) in [5.74, 6) is -5.40. The van der Waals surface area contributed by atoms with E-state index in [9.17, 15) is 19.5 Å². The van der Waals surface area contributed by atoms with E-state index in [1.54, 1.807) is 6.92 Å². The second-order valence-corrected chi connectivity index (χ2v) is 6.61. The molecule has 0 aliphatic carbocycles. The largest absolute Gasteiger partial charge is 0.480 e. The van der Waals surface area contributed by atoms with Crippen LogP contribution in [0.2, 0.25) is 0 Å². The van der Waals surface area contributed by atoms with Crippen LogP contribution in [0.1, 0.15) is 34.6 Å². The fraction of sp³-hybridized carbons (Fsp3) is 0.389. The van der Waals surface area contributed by atoms with Crippen molar-refractivity contribution < 1.29 is 38.4 Å². The van der Waals surface area contributed by atoms with Crippen molar-refractivity contribution in [2.24, 2.45) is 0 Å². The van der Waals surface area contributed by atoms with Crippen LogP contribution in [-0.2, 0) is 33.3 Å². The lowest BCUT2D eigenvalue weighted by Crippen LogP contribution is -2.41. The van der Waals surface area contributed by atoms with Gasteiger partial charge in [0.1, 0.15) is 11.1 Å². The molecule has 2 aliphatic heterocycles. The predicted molar refractivity (Wildman–Crippen MR) is 88.2 cm³/mol. The molecule has 0 amide bonds. The maximum atomic E-state index is 11.9. The van der Waals surface area contributed by atoms with Gasteiger partial charge in [0.05, 0.1) is 0 Å². The summed E-state index contributed by atoms with van der Waals surface area (Å²) in [6, 6.07) is 0. The first-order valence-electron chi connectivity index (χ1n) is 7.79. The Morgan fingerprint density at radius 3 is 1.92 bits per heavy atom. The fourth-order valence-electron chi connectivity index (χ4n) is 2.10. The lowest BCUT2D eigenvalue weighted by Gasteiger charge is -2.29. The lowest BCUT2D eigenvalue weighted by molar-refractivity contribution is -0.223. The van der Waals surface area contributed by atoms with Gasteiger partial charge in [-0.2, -0.15) is 0 Å². The number of esters is 3. The van der Waals surface area contributed by atoms with Gasteiger partial charge in [-0.3, -0.25) is 0 Å². The van der Waals surface area contributed by atoms with Crippen LogP contribution in [0.25, 0.3) is 0 Å². The number of hydrogen-bond acceptors (Lipinski definition) is 8. The van der Waals surface area contributed by atoms with E-state index in [-0.39, 0.29) is 11.1 Å². The van der Waals surface area contributed by atoms with Crippen molar-refractivity contribution in [3.8, 4) is 0 Å². The van der Waals surface area contributed by atoms with Crippen molar-refractivity contribution in [2.75, 3.05) is 0 Å². The van der Waals surface area contributed by atoms with Crippen molar-refractivity contribution in [1.82, 2.24) is 0 Å². The molecule has 1 saturated heterocycles. The lowest BCUT2D eigenvalue weighted by atomic mass is 10.1. The number of allylic oxidation sites excluding steroid dienone is 4. The Kier molecular flexibility index (Phi) is 4.97. The third-order valence-electron chi connectivity index (χ3n) is 3.27. The van der Waals surface area contributed by atoms with Gasteiger partial charge in [-0.25, -0.2) is 14.4 Å². The molecule has 2 rings (SSSR count). The molecule has 2 aliphatic rings. The minimum Gasteiger partial charge on any atom is -0.480 e. The first-order chi connectivity index (χ1) is 11.9. The van der Waals surface area contributed by atoms with E-state index in [1.807, 2.05) is 0 Å². The quantitative estimate of drug-likeness (QED) is 0.352. The maximum Gasteiger partial charge on any atom is 0.348 e. The average Bonchev–Trinajstić information content (AvgIpc) is 2.42. The fourth-order valence-corrected chi connectivity index (χ4v) is 2.10. The number of hydrogen-bond donors (Lipinski definition) is 1. The number of cyclic esters (lactones) is 3. The van der Waals surface area contributed by atoms with Crippen molar-refractivity contribution in [1.29, 1.82) is 0 Å². The van der Waals surface area contributed by atoms with Crippen LogP contribution in [0.15, 0.2) is 47.0 Å². The third kappa shape index (κ3) is 4.53. The normalized spacial score (nSPS) is 22.6. The SMILES string of the molecule is CC(/C=C/C1=C(O)OC(C)(C)OC1=O)=C\C=C1C(=O)OC(C)(C)OC1=O. The summed E-state index contributed by atoms with van der Waals surface area (Å²) in [4.78, 5) is 35.5. The summed E-state index contributed by atoms with van der Waals surface area (Å²) in [6.45, 7) is 7.55. The number of aliphatic hydroxyl groups is 1. The molecule has 140 valence electrons. The highest BCUT2D eigenvalue weighted by Gasteiger charge is 2.38. The molecule has 0 radical (unpaired) electrons. The van der Waals surface area contributed by atoms with E-state index in [0.29, 0.717) is 5.57 Å². The Bertz CT molecular complexity index is 755. The molecular formula is C18H20O8. The molecule has 26 heavy (non-hydrogen) atoms. The summed E-state index contributed by atoms with van der Waals surface area (Å²) in [5, 5.41) is 9.79. The smallest absolute Gasteiger partial charge is 0.348 e. The molecule has 0 aromatic carbocycles. The Labute approximate surface area is 150 Å². The maximum absolute atomic E-state index is 11.9. The van der Waals surface area contributed by atoms with Gasteiger partial charge in [0.25, 0.3) is 17.5 Å². The van der Waals surface area contributed by atoms with Crippen LogP contribution >= 0.6 is 0 Å². The summed E-state index contributed by atoms with van der Waals surface area (Å²) in [5.41, 5.74) is 0.171. The molecular weight excluding hydrogens is 344 g/mol. The van der Waals surface area contributed by atoms with Gasteiger partial charge in [0.2, 0.25) is 0 Å².